The highest BCUT2D eigenvalue weighted by molar-refractivity contribution is 7.47. The van der Waals surface area contributed by atoms with Gasteiger partial charge in [0.2, 0.25) is 0 Å². The second kappa shape index (κ2) is 82.6. The number of ether oxygens (including phenoxy) is 4. The van der Waals surface area contributed by atoms with Gasteiger partial charge in [-0.25, -0.2) is 9.13 Å². The first-order chi connectivity index (χ1) is 53.0. The maximum atomic E-state index is 13.2. The van der Waals surface area contributed by atoms with E-state index in [1.165, 1.54) is 315 Å². The molecule has 0 saturated carbocycles. The lowest BCUT2D eigenvalue weighted by molar-refractivity contribution is -0.161. The molecule has 109 heavy (non-hydrogen) atoms. The Morgan fingerprint density at radius 2 is 0.422 bits per heavy atom. The Hall–Kier alpha value is -1.94. The van der Waals surface area contributed by atoms with Gasteiger partial charge in [0, 0.05) is 25.7 Å². The summed E-state index contributed by atoms with van der Waals surface area (Å²) < 4.78 is 69.0. The van der Waals surface area contributed by atoms with Gasteiger partial charge >= 0.3 is 39.5 Å². The Labute approximate surface area is 670 Å². The molecule has 19 heteroatoms. The average Bonchev–Trinajstić information content (AvgIpc) is 0.900. The molecule has 0 fully saturated rings. The minimum Gasteiger partial charge on any atom is -0.462 e. The molecule has 2 unspecified atom stereocenters. The summed E-state index contributed by atoms with van der Waals surface area (Å²) in [5, 5.41) is 10.7. The number of hydrogen-bond donors (Lipinski definition) is 3. The van der Waals surface area contributed by atoms with E-state index >= 15 is 0 Å². The Balaban J connectivity index is 5.21. The van der Waals surface area contributed by atoms with Crippen molar-refractivity contribution < 1.29 is 80.2 Å². The van der Waals surface area contributed by atoms with E-state index in [1.807, 2.05) is 0 Å². The van der Waals surface area contributed by atoms with Crippen molar-refractivity contribution in [3.05, 3.63) is 0 Å². The first-order valence-corrected chi connectivity index (χ1v) is 49.6. The van der Waals surface area contributed by atoms with Gasteiger partial charge in [-0.1, -0.05) is 439 Å². The summed E-state index contributed by atoms with van der Waals surface area (Å²) in [6.45, 7) is 7.41. The lowest BCUT2D eigenvalue weighted by atomic mass is 10.0. The second-order valence-corrected chi connectivity index (χ2v) is 35.7. The van der Waals surface area contributed by atoms with Gasteiger partial charge < -0.3 is 33.8 Å². The van der Waals surface area contributed by atoms with Gasteiger partial charge in [0.15, 0.2) is 12.2 Å². The number of aliphatic hydroxyl groups excluding tert-OH is 1. The van der Waals surface area contributed by atoms with Gasteiger partial charge in [-0.05, 0) is 31.6 Å². The van der Waals surface area contributed by atoms with E-state index in [2.05, 4.69) is 34.6 Å². The smallest absolute Gasteiger partial charge is 0.462 e. The van der Waals surface area contributed by atoms with Crippen LogP contribution < -0.4 is 0 Å². The molecule has 0 saturated heterocycles. The van der Waals surface area contributed by atoms with E-state index in [0.29, 0.717) is 25.7 Å². The van der Waals surface area contributed by atoms with Crippen molar-refractivity contribution >= 4 is 39.5 Å². The number of phosphoric acid groups is 2. The van der Waals surface area contributed by atoms with Crippen LogP contribution >= 0.6 is 15.6 Å². The summed E-state index contributed by atoms with van der Waals surface area (Å²) in [4.78, 5) is 73.3. The third-order valence-corrected chi connectivity index (χ3v) is 23.2. The first-order valence-electron chi connectivity index (χ1n) is 46.6. The molecule has 5 atom stereocenters. The standard InChI is InChI=1S/C90H176O17P2/c1-6-9-12-15-18-21-24-26-28-30-32-33-34-35-37-43-47-51-56-61-66-71-76-90(95)107-86(80-101-88(93)74-69-64-59-54-49-45-41-39-38-40-44-48-52-57-62-67-72-83(4)5)82-105-109(98,99)103-78-84(91)77-102-108(96,97)104-81-85(79-100-87(92)73-68-63-58-53-23-20-17-14-11-8-3)106-89(94)75-70-65-60-55-50-46-42-36-31-29-27-25-22-19-16-13-10-7-2/h83-86,91H,6-82H2,1-5H3,(H,96,97)(H,98,99)/t84-,85+,86+/m0/s1. The van der Waals surface area contributed by atoms with Crippen molar-refractivity contribution in [1.29, 1.82) is 0 Å². The molecule has 0 bridgehead atoms. The quantitative estimate of drug-likeness (QED) is 0.0222. The normalized spacial score (nSPS) is 13.7. The number of carbonyl (C=O) groups is 4. The van der Waals surface area contributed by atoms with Crippen LogP contribution in [0.15, 0.2) is 0 Å². The van der Waals surface area contributed by atoms with Crippen LogP contribution in [0, 0.1) is 5.92 Å². The average molecular weight is 1590 g/mol. The molecular weight excluding hydrogens is 1410 g/mol. The summed E-state index contributed by atoms with van der Waals surface area (Å²) in [5.74, 6) is -1.28. The number of phosphoric ester groups is 2. The van der Waals surface area contributed by atoms with E-state index in [4.69, 9.17) is 37.0 Å². The van der Waals surface area contributed by atoms with Crippen molar-refractivity contribution in [3.63, 3.8) is 0 Å². The topological polar surface area (TPSA) is 237 Å². The van der Waals surface area contributed by atoms with Crippen molar-refractivity contribution in [2.24, 2.45) is 5.92 Å². The van der Waals surface area contributed by atoms with Crippen molar-refractivity contribution in [2.45, 2.75) is 509 Å². The van der Waals surface area contributed by atoms with Crippen LogP contribution in [-0.2, 0) is 65.4 Å². The molecule has 0 heterocycles. The number of carbonyl (C=O) groups excluding carboxylic acids is 4. The molecule has 0 aliphatic heterocycles. The van der Waals surface area contributed by atoms with Gasteiger partial charge in [-0.2, -0.15) is 0 Å². The van der Waals surface area contributed by atoms with Gasteiger partial charge in [-0.15, -0.1) is 0 Å². The van der Waals surface area contributed by atoms with Crippen LogP contribution in [0.5, 0.6) is 0 Å². The largest absolute Gasteiger partial charge is 0.472 e. The summed E-state index contributed by atoms with van der Waals surface area (Å²) >= 11 is 0. The maximum absolute atomic E-state index is 13.2. The molecule has 0 rings (SSSR count). The third-order valence-electron chi connectivity index (χ3n) is 21.3. The Morgan fingerprint density at radius 3 is 0.624 bits per heavy atom. The molecule has 0 aliphatic rings. The molecule has 0 radical (unpaired) electrons. The Bertz CT molecular complexity index is 2070. The summed E-state index contributed by atoms with van der Waals surface area (Å²) in [6, 6.07) is 0. The van der Waals surface area contributed by atoms with Crippen LogP contribution in [0.2, 0.25) is 0 Å². The van der Waals surface area contributed by atoms with Gasteiger partial charge in [-0.3, -0.25) is 37.3 Å². The number of esters is 4. The van der Waals surface area contributed by atoms with E-state index in [1.54, 1.807) is 0 Å². The van der Waals surface area contributed by atoms with Crippen LogP contribution in [0.1, 0.15) is 490 Å². The molecule has 3 N–H and O–H groups in total. The number of aliphatic hydroxyl groups is 1. The fourth-order valence-corrected chi connectivity index (χ4v) is 15.8. The lowest BCUT2D eigenvalue weighted by Gasteiger charge is -2.21. The van der Waals surface area contributed by atoms with Crippen LogP contribution in [0.25, 0.3) is 0 Å². The van der Waals surface area contributed by atoms with E-state index in [0.717, 1.165) is 95.8 Å². The highest BCUT2D eigenvalue weighted by atomic mass is 31.2. The number of hydrogen-bond acceptors (Lipinski definition) is 15. The predicted octanol–water partition coefficient (Wildman–Crippen LogP) is 27.9. The number of unbranched alkanes of at least 4 members (excludes halogenated alkanes) is 62. The SMILES string of the molecule is CCCCCCCCCCCCCCCCCCCCCCCCC(=O)O[C@H](COC(=O)CCCCCCCCCCCCCCCCCCC(C)C)COP(=O)(O)OC[C@@H](O)COP(=O)(O)OC[C@@H](COC(=O)CCCCCCCCCCCC)OC(=O)CCCCCCCCCCCCCCCCCCCC. The van der Waals surface area contributed by atoms with Crippen molar-refractivity contribution in [2.75, 3.05) is 39.6 Å². The molecule has 0 aliphatic carbocycles. The van der Waals surface area contributed by atoms with Gasteiger partial charge in [0.05, 0.1) is 26.4 Å². The van der Waals surface area contributed by atoms with Crippen molar-refractivity contribution in [3.8, 4) is 0 Å². The highest BCUT2D eigenvalue weighted by Crippen LogP contribution is 2.45. The van der Waals surface area contributed by atoms with Crippen LogP contribution in [0.4, 0.5) is 0 Å². The summed E-state index contributed by atoms with van der Waals surface area (Å²) in [6.07, 6.45) is 77.9. The van der Waals surface area contributed by atoms with Gasteiger partial charge in [0.25, 0.3) is 0 Å². The van der Waals surface area contributed by atoms with E-state index in [-0.39, 0.29) is 25.7 Å². The van der Waals surface area contributed by atoms with Crippen molar-refractivity contribution in [1.82, 2.24) is 0 Å². The maximum Gasteiger partial charge on any atom is 0.472 e. The third kappa shape index (κ3) is 83.8. The molecule has 0 aromatic rings. The zero-order chi connectivity index (χ0) is 79.7. The van der Waals surface area contributed by atoms with E-state index < -0.39 is 97.5 Å². The molecule has 0 amide bonds. The summed E-state index contributed by atoms with van der Waals surface area (Å²) in [5.41, 5.74) is 0. The molecule has 17 nitrogen and oxygen atoms in total. The monoisotopic (exact) mass is 1590 g/mol. The molecule has 0 aromatic heterocycles. The minimum atomic E-state index is -4.97. The molecule has 0 spiro atoms. The predicted molar refractivity (Wildman–Crippen MR) is 451 cm³/mol. The lowest BCUT2D eigenvalue weighted by Crippen LogP contribution is -2.30. The second-order valence-electron chi connectivity index (χ2n) is 32.8. The fourth-order valence-electron chi connectivity index (χ4n) is 14.2. The number of rotatable bonds is 90. The zero-order valence-corrected chi connectivity index (χ0v) is 73.5. The molecule has 0 aromatic carbocycles. The summed E-state index contributed by atoms with van der Waals surface area (Å²) in [7, 11) is -9.93. The minimum absolute atomic E-state index is 0.109. The first kappa shape index (κ1) is 107. The Kier molecular flexibility index (Phi) is 81.1. The molecule has 648 valence electrons. The highest BCUT2D eigenvalue weighted by Gasteiger charge is 2.31. The fraction of sp³-hybridized carbons (Fsp3) is 0.956. The molecular formula is C90H176O17P2. The van der Waals surface area contributed by atoms with E-state index in [9.17, 15) is 43.2 Å². The van der Waals surface area contributed by atoms with Crippen LogP contribution in [-0.4, -0.2) is 96.7 Å². The Morgan fingerprint density at radius 1 is 0.248 bits per heavy atom. The van der Waals surface area contributed by atoms with Crippen LogP contribution in [0.3, 0.4) is 0 Å². The zero-order valence-electron chi connectivity index (χ0n) is 71.7. The van der Waals surface area contributed by atoms with Gasteiger partial charge in [0.1, 0.15) is 19.3 Å².